The Morgan fingerprint density at radius 2 is 1.77 bits per heavy atom. The number of carbonyl (C=O) groups excluding carboxylic acids is 1. The Morgan fingerprint density at radius 3 is 2.48 bits per heavy atom. The van der Waals surface area contributed by atoms with Crippen molar-refractivity contribution >= 4 is 5.91 Å². The van der Waals surface area contributed by atoms with Crippen molar-refractivity contribution in [1.29, 1.82) is 0 Å². The van der Waals surface area contributed by atoms with Crippen LogP contribution in [-0.2, 0) is 6.42 Å². The molecule has 2 aromatic rings. The Labute approximate surface area is 186 Å². The van der Waals surface area contributed by atoms with Crippen molar-refractivity contribution < 1.29 is 9.53 Å². The normalized spacial score (nSPS) is 20.4. The molecule has 0 spiro atoms. The SMILES string of the molecule is CN(C)[C@H]1CCN(C(=O)c2cccc(OC3CCN(CCc4ccccc4)CC3)c2)C1. The molecule has 0 N–H and O–H groups in total. The molecule has 0 radical (unpaired) electrons. The Morgan fingerprint density at radius 1 is 1.00 bits per heavy atom. The van der Waals surface area contributed by atoms with E-state index in [1.165, 1.54) is 5.56 Å². The highest BCUT2D eigenvalue weighted by Crippen LogP contribution is 2.23. The molecule has 5 nitrogen and oxygen atoms in total. The van der Waals surface area contributed by atoms with Crippen LogP contribution in [0.1, 0.15) is 35.2 Å². The molecular formula is C26H35N3O2. The number of amides is 1. The number of nitrogens with zero attached hydrogens (tertiary/aromatic N) is 3. The smallest absolute Gasteiger partial charge is 0.254 e. The van der Waals surface area contributed by atoms with Gasteiger partial charge >= 0.3 is 0 Å². The van der Waals surface area contributed by atoms with E-state index in [1.54, 1.807) is 0 Å². The molecule has 2 heterocycles. The molecule has 4 rings (SSSR count). The maximum atomic E-state index is 12.9. The fourth-order valence-corrected chi connectivity index (χ4v) is 4.61. The van der Waals surface area contributed by atoms with Crippen molar-refractivity contribution in [3.05, 3.63) is 65.7 Å². The molecule has 166 valence electrons. The van der Waals surface area contributed by atoms with Gasteiger partial charge in [-0.2, -0.15) is 0 Å². The summed E-state index contributed by atoms with van der Waals surface area (Å²) in [6.07, 6.45) is 4.43. The van der Waals surface area contributed by atoms with Gasteiger partial charge in [0.05, 0.1) is 0 Å². The first-order valence-corrected chi connectivity index (χ1v) is 11.6. The Hall–Kier alpha value is -2.37. The average Bonchev–Trinajstić information content (AvgIpc) is 3.30. The van der Waals surface area contributed by atoms with Crippen LogP contribution in [-0.4, -0.2) is 79.6 Å². The lowest BCUT2D eigenvalue weighted by Crippen LogP contribution is -2.39. The molecule has 0 bridgehead atoms. The minimum absolute atomic E-state index is 0.116. The highest BCUT2D eigenvalue weighted by atomic mass is 16.5. The molecule has 2 aliphatic rings. The van der Waals surface area contributed by atoms with Gasteiger partial charge in [-0.15, -0.1) is 0 Å². The van der Waals surface area contributed by atoms with Crippen molar-refractivity contribution in [2.45, 2.75) is 37.8 Å². The van der Waals surface area contributed by atoms with Gasteiger partial charge in [0.15, 0.2) is 0 Å². The van der Waals surface area contributed by atoms with E-state index in [2.05, 4.69) is 54.2 Å². The van der Waals surface area contributed by atoms with E-state index >= 15 is 0 Å². The molecule has 0 aliphatic carbocycles. The summed E-state index contributed by atoms with van der Waals surface area (Å²) < 4.78 is 6.27. The fraction of sp³-hybridized carbons (Fsp3) is 0.500. The van der Waals surface area contributed by atoms with Gasteiger partial charge in [-0.1, -0.05) is 36.4 Å². The molecule has 1 amide bonds. The number of likely N-dealkylation sites (N-methyl/N-ethyl adjacent to an activating group) is 1. The van der Waals surface area contributed by atoms with Crippen LogP contribution >= 0.6 is 0 Å². The van der Waals surface area contributed by atoms with Crippen molar-refractivity contribution in [2.75, 3.05) is 46.8 Å². The van der Waals surface area contributed by atoms with Crippen molar-refractivity contribution in [1.82, 2.24) is 14.7 Å². The van der Waals surface area contributed by atoms with Gasteiger partial charge in [0.1, 0.15) is 11.9 Å². The summed E-state index contributed by atoms with van der Waals surface area (Å²) in [5.41, 5.74) is 2.13. The Bertz CT molecular complexity index is 847. The number of carbonyl (C=O) groups is 1. The van der Waals surface area contributed by atoms with Gasteiger partial charge in [0, 0.05) is 44.3 Å². The summed E-state index contributed by atoms with van der Waals surface area (Å²) >= 11 is 0. The summed E-state index contributed by atoms with van der Waals surface area (Å²) in [7, 11) is 4.17. The number of benzene rings is 2. The van der Waals surface area contributed by atoms with Gasteiger partial charge in [0.2, 0.25) is 0 Å². The molecule has 31 heavy (non-hydrogen) atoms. The minimum Gasteiger partial charge on any atom is -0.490 e. The van der Waals surface area contributed by atoms with E-state index in [0.29, 0.717) is 6.04 Å². The average molecular weight is 422 g/mol. The topological polar surface area (TPSA) is 36.0 Å². The van der Waals surface area contributed by atoms with Gasteiger partial charge in [-0.3, -0.25) is 4.79 Å². The molecular weight excluding hydrogens is 386 g/mol. The molecule has 2 saturated heterocycles. The summed E-state index contributed by atoms with van der Waals surface area (Å²) in [6.45, 7) is 4.86. The summed E-state index contributed by atoms with van der Waals surface area (Å²) in [6, 6.07) is 18.9. The van der Waals surface area contributed by atoms with Crippen LogP contribution in [0.5, 0.6) is 5.75 Å². The van der Waals surface area contributed by atoms with Crippen LogP contribution in [0.15, 0.2) is 54.6 Å². The van der Waals surface area contributed by atoms with Gasteiger partial charge in [0.25, 0.3) is 5.91 Å². The first-order valence-electron chi connectivity index (χ1n) is 11.6. The second kappa shape index (κ2) is 10.3. The summed E-state index contributed by atoms with van der Waals surface area (Å²) in [5.74, 6) is 0.933. The number of piperidine rings is 1. The molecule has 2 fully saturated rings. The Balaban J connectivity index is 1.25. The van der Waals surface area contributed by atoms with E-state index in [-0.39, 0.29) is 12.0 Å². The first-order chi connectivity index (χ1) is 15.1. The number of rotatable bonds is 7. The number of likely N-dealkylation sites (tertiary alicyclic amines) is 2. The standard InChI is InChI=1S/C26H35N3O2/c1-27(2)23-12-18-29(20-23)26(30)22-9-6-10-25(19-22)31-24-13-16-28(17-14-24)15-11-21-7-4-3-5-8-21/h3-10,19,23-24H,11-18,20H2,1-2H3/t23-/m0/s1. The van der Waals surface area contributed by atoms with Crippen molar-refractivity contribution in [2.24, 2.45) is 0 Å². The molecule has 0 unspecified atom stereocenters. The van der Waals surface area contributed by atoms with E-state index in [9.17, 15) is 4.79 Å². The zero-order valence-electron chi connectivity index (χ0n) is 18.9. The summed E-state index contributed by atoms with van der Waals surface area (Å²) in [4.78, 5) is 19.6. The maximum absolute atomic E-state index is 12.9. The Kier molecular flexibility index (Phi) is 7.25. The third kappa shape index (κ3) is 5.86. The van der Waals surface area contributed by atoms with E-state index < -0.39 is 0 Å². The second-order valence-electron chi connectivity index (χ2n) is 9.08. The van der Waals surface area contributed by atoms with E-state index in [1.807, 2.05) is 29.2 Å². The van der Waals surface area contributed by atoms with Crippen molar-refractivity contribution in [3.63, 3.8) is 0 Å². The van der Waals surface area contributed by atoms with Crippen LogP contribution < -0.4 is 4.74 Å². The maximum Gasteiger partial charge on any atom is 0.254 e. The molecule has 0 saturated carbocycles. The molecule has 2 aromatic carbocycles. The van der Waals surface area contributed by atoms with Crippen LogP contribution in [0.25, 0.3) is 0 Å². The lowest BCUT2D eigenvalue weighted by molar-refractivity contribution is 0.0780. The van der Waals surface area contributed by atoms with Gasteiger partial charge < -0.3 is 19.4 Å². The quantitative estimate of drug-likeness (QED) is 0.685. The predicted molar refractivity (Wildman–Crippen MR) is 125 cm³/mol. The van der Waals surface area contributed by atoms with Gasteiger partial charge in [-0.25, -0.2) is 0 Å². The first kappa shape index (κ1) is 21.8. The van der Waals surface area contributed by atoms with Gasteiger partial charge in [-0.05, 0) is 63.5 Å². The predicted octanol–water partition coefficient (Wildman–Crippen LogP) is 3.55. The van der Waals surface area contributed by atoms with Crippen LogP contribution in [0.4, 0.5) is 0 Å². The third-order valence-corrected chi connectivity index (χ3v) is 6.66. The molecule has 1 atom stereocenters. The highest BCUT2D eigenvalue weighted by Gasteiger charge is 2.28. The van der Waals surface area contributed by atoms with Crippen LogP contribution in [0.2, 0.25) is 0 Å². The largest absolute Gasteiger partial charge is 0.490 e. The number of ether oxygens (including phenoxy) is 1. The van der Waals surface area contributed by atoms with Crippen molar-refractivity contribution in [3.8, 4) is 5.75 Å². The number of hydrogen-bond donors (Lipinski definition) is 0. The summed E-state index contributed by atoms with van der Waals surface area (Å²) in [5, 5.41) is 0. The minimum atomic E-state index is 0.116. The molecule has 5 heteroatoms. The molecule has 0 aromatic heterocycles. The van der Waals surface area contributed by atoms with E-state index in [4.69, 9.17) is 4.74 Å². The monoisotopic (exact) mass is 421 g/mol. The van der Waals surface area contributed by atoms with E-state index in [0.717, 1.165) is 69.7 Å². The highest BCUT2D eigenvalue weighted by molar-refractivity contribution is 5.94. The number of hydrogen-bond acceptors (Lipinski definition) is 4. The zero-order chi connectivity index (χ0) is 21.6. The zero-order valence-corrected chi connectivity index (χ0v) is 18.9. The lowest BCUT2D eigenvalue weighted by atomic mass is 10.1. The lowest BCUT2D eigenvalue weighted by Gasteiger charge is -2.32. The third-order valence-electron chi connectivity index (χ3n) is 6.66. The fourth-order valence-electron chi connectivity index (χ4n) is 4.61. The van der Waals surface area contributed by atoms with Crippen LogP contribution in [0.3, 0.4) is 0 Å². The second-order valence-corrected chi connectivity index (χ2v) is 9.08. The molecule has 2 aliphatic heterocycles. The van der Waals surface area contributed by atoms with Crippen LogP contribution in [0, 0.1) is 0 Å².